The van der Waals surface area contributed by atoms with Crippen LogP contribution in [0.5, 0.6) is 0 Å². The van der Waals surface area contributed by atoms with E-state index in [0.717, 1.165) is 17.1 Å². The van der Waals surface area contributed by atoms with Crippen molar-refractivity contribution < 1.29 is 0 Å². The van der Waals surface area contributed by atoms with Crippen LogP contribution < -0.4 is 4.90 Å². The van der Waals surface area contributed by atoms with Crippen LogP contribution in [0, 0.1) is 0 Å². The minimum absolute atomic E-state index is 0.481. The van der Waals surface area contributed by atoms with Gasteiger partial charge in [0.05, 0.1) is 11.1 Å². The van der Waals surface area contributed by atoms with Crippen molar-refractivity contribution >= 4 is 49.4 Å². The van der Waals surface area contributed by atoms with Crippen molar-refractivity contribution in [1.82, 2.24) is 0 Å². The van der Waals surface area contributed by atoms with E-state index in [-0.39, 0.29) is 0 Å². The fraction of sp³-hybridized carbons (Fsp3) is 0.0182. The van der Waals surface area contributed by atoms with E-state index in [4.69, 9.17) is 0 Å². The SMILES string of the molecule is c1ccc(-c2ccccc2N(c2ccccc2)c2ccc3c4c(c5ccccc5c3c2)-c2cc3ccccc3cc2C42c3ccccc3-c3ccccc32)cc1. The lowest BCUT2D eigenvalue weighted by Crippen LogP contribution is -2.26. The van der Waals surface area contributed by atoms with E-state index >= 15 is 0 Å². The molecule has 0 saturated carbocycles. The predicted molar refractivity (Wildman–Crippen MR) is 235 cm³/mol. The van der Waals surface area contributed by atoms with Gasteiger partial charge in [-0.25, -0.2) is 0 Å². The van der Waals surface area contributed by atoms with E-state index in [2.05, 4.69) is 217 Å². The molecule has 0 saturated heterocycles. The van der Waals surface area contributed by atoms with Gasteiger partial charge >= 0.3 is 0 Å². The van der Waals surface area contributed by atoms with E-state index in [1.165, 1.54) is 88.0 Å². The zero-order chi connectivity index (χ0) is 36.8. The number of para-hydroxylation sites is 2. The van der Waals surface area contributed by atoms with Crippen molar-refractivity contribution in [3.05, 3.63) is 235 Å². The van der Waals surface area contributed by atoms with Gasteiger partial charge in [0.25, 0.3) is 0 Å². The molecular formula is C55H35N. The molecule has 10 aromatic rings. The van der Waals surface area contributed by atoms with Gasteiger partial charge in [-0.15, -0.1) is 0 Å². The highest BCUT2D eigenvalue weighted by Crippen LogP contribution is 2.66. The Kier molecular flexibility index (Phi) is 6.62. The van der Waals surface area contributed by atoms with Gasteiger partial charge in [0.15, 0.2) is 0 Å². The third kappa shape index (κ3) is 4.20. The molecule has 0 aromatic heterocycles. The Bertz CT molecular complexity index is 3150. The summed E-state index contributed by atoms with van der Waals surface area (Å²) in [6.07, 6.45) is 0. The quantitative estimate of drug-likeness (QED) is 0.164. The number of hydrogen-bond donors (Lipinski definition) is 0. The highest BCUT2D eigenvalue weighted by molar-refractivity contribution is 6.21. The third-order valence-corrected chi connectivity index (χ3v) is 12.4. The Labute approximate surface area is 326 Å². The Morgan fingerprint density at radius 2 is 0.893 bits per heavy atom. The Balaban J connectivity index is 1.22. The van der Waals surface area contributed by atoms with Crippen molar-refractivity contribution in [2.24, 2.45) is 0 Å². The first kappa shape index (κ1) is 31.2. The van der Waals surface area contributed by atoms with E-state index in [9.17, 15) is 0 Å². The maximum absolute atomic E-state index is 2.50. The summed E-state index contributed by atoms with van der Waals surface area (Å²) in [5.74, 6) is 0. The molecule has 0 unspecified atom stereocenters. The van der Waals surface area contributed by atoms with Gasteiger partial charge in [0.1, 0.15) is 0 Å². The molecule has 0 heterocycles. The van der Waals surface area contributed by atoms with Crippen LogP contribution in [-0.4, -0.2) is 0 Å². The van der Waals surface area contributed by atoms with Crippen molar-refractivity contribution in [1.29, 1.82) is 0 Å². The average Bonchev–Trinajstić information content (AvgIpc) is 3.74. The van der Waals surface area contributed by atoms with Crippen LogP contribution in [0.15, 0.2) is 212 Å². The van der Waals surface area contributed by atoms with Crippen LogP contribution in [-0.2, 0) is 5.41 Å². The van der Waals surface area contributed by atoms with E-state index in [0.29, 0.717) is 0 Å². The fourth-order valence-electron chi connectivity index (χ4n) is 10.2. The third-order valence-electron chi connectivity index (χ3n) is 12.4. The summed E-state index contributed by atoms with van der Waals surface area (Å²) in [7, 11) is 0. The van der Waals surface area contributed by atoms with Gasteiger partial charge in [0, 0.05) is 16.9 Å². The van der Waals surface area contributed by atoms with Gasteiger partial charge in [-0.05, 0) is 125 Å². The first-order valence-corrected chi connectivity index (χ1v) is 19.5. The molecule has 2 aliphatic rings. The molecule has 56 heavy (non-hydrogen) atoms. The Morgan fingerprint density at radius 3 is 1.62 bits per heavy atom. The summed E-state index contributed by atoms with van der Waals surface area (Å²) in [6.45, 7) is 0. The molecule has 0 amide bonds. The highest BCUT2D eigenvalue weighted by atomic mass is 15.1. The molecule has 260 valence electrons. The summed E-state index contributed by atoms with van der Waals surface area (Å²) < 4.78 is 0. The van der Waals surface area contributed by atoms with Gasteiger partial charge < -0.3 is 4.90 Å². The lowest BCUT2D eigenvalue weighted by molar-refractivity contribution is 0.803. The fourth-order valence-corrected chi connectivity index (χ4v) is 10.2. The number of rotatable bonds is 4. The second kappa shape index (κ2) is 11.9. The van der Waals surface area contributed by atoms with Crippen molar-refractivity contribution in [2.75, 3.05) is 4.90 Å². The summed E-state index contributed by atoms with van der Waals surface area (Å²) >= 11 is 0. The summed E-state index contributed by atoms with van der Waals surface area (Å²) in [4.78, 5) is 2.43. The molecule has 1 spiro atoms. The summed E-state index contributed by atoms with van der Waals surface area (Å²) in [6, 6.07) is 78.8. The molecule has 0 aliphatic heterocycles. The largest absolute Gasteiger partial charge is 0.310 e. The van der Waals surface area contributed by atoms with Gasteiger partial charge in [0.2, 0.25) is 0 Å². The average molecular weight is 710 g/mol. The van der Waals surface area contributed by atoms with E-state index in [1.807, 2.05) is 0 Å². The monoisotopic (exact) mass is 709 g/mol. The molecule has 0 N–H and O–H groups in total. The smallest absolute Gasteiger partial charge is 0.0731 e. The van der Waals surface area contributed by atoms with Crippen LogP contribution in [0.2, 0.25) is 0 Å². The van der Waals surface area contributed by atoms with Crippen LogP contribution in [0.1, 0.15) is 22.3 Å². The molecule has 0 radical (unpaired) electrons. The zero-order valence-electron chi connectivity index (χ0n) is 30.7. The first-order chi connectivity index (χ1) is 27.8. The molecule has 0 bridgehead atoms. The highest BCUT2D eigenvalue weighted by Gasteiger charge is 2.53. The van der Waals surface area contributed by atoms with E-state index in [1.54, 1.807) is 0 Å². The Morgan fingerprint density at radius 1 is 0.321 bits per heavy atom. The number of nitrogens with zero attached hydrogens (tertiary/aromatic N) is 1. The maximum atomic E-state index is 2.50. The summed E-state index contributed by atoms with van der Waals surface area (Å²) in [5.41, 5.74) is 16.1. The van der Waals surface area contributed by atoms with Crippen molar-refractivity contribution in [3.63, 3.8) is 0 Å². The summed E-state index contributed by atoms with van der Waals surface area (Å²) in [5, 5.41) is 7.64. The Hall–Kier alpha value is -7.22. The lowest BCUT2D eigenvalue weighted by Gasteiger charge is -2.32. The number of fused-ring (bicyclic) bond motifs is 16. The van der Waals surface area contributed by atoms with Gasteiger partial charge in [-0.1, -0.05) is 170 Å². The van der Waals surface area contributed by atoms with Gasteiger partial charge in [-0.2, -0.15) is 0 Å². The van der Waals surface area contributed by atoms with Crippen molar-refractivity contribution in [2.45, 2.75) is 5.41 Å². The van der Waals surface area contributed by atoms with Crippen molar-refractivity contribution in [3.8, 4) is 33.4 Å². The number of anilines is 3. The molecule has 12 rings (SSSR count). The molecule has 10 aromatic carbocycles. The molecule has 0 atom stereocenters. The number of hydrogen-bond acceptors (Lipinski definition) is 1. The second-order valence-corrected chi connectivity index (χ2v) is 15.2. The minimum atomic E-state index is -0.481. The lowest BCUT2D eigenvalue weighted by atomic mass is 9.69. The molecule has 1 nitrogen and oxygen atoms in total. The molecular weight excluding hydrogens is 675 g/mol. The zero-order valence-corrected chi connectivity index (χ0v) is 30.7. The predicted octanol–water partition coefficient (Wildman–Crippen LogP) is 14.6. The maximum Gasteiger partial charge on any atom is 0.0731 e. The topological polar surface area (TPSA) is 3.24 Å². The van der Waals surface area contributed by atoms with E-state index < -0.39 is 5.41 Å². The second-order valence-electron chi connectivity index (χ2n) is 15.2. The minimum Gasteiger partial charge on any atom is -0.310 e. The van der Waals surface area contributed by atoms with Crippen LogP contribution in [0.4, 0.5) is 17.1 Å². The number of benzene rings is 10. The molecule has 0 fully saturated rings. The normalized spacial score (nSPS) is 13.1. The van der Waals surface area contributed by atoms with Crippen LogP contribution in [0.3, 0.4) is 0 Å². The van der Waals surface area contributed by atoms with Crippen LogP contribution >= 0.6 is 0 Å². The molecule has 2 aliphatic carbocycles. The van der Waals surface area contributed by atoms with Gasteiger partial charge in [-0.3, -0.25) is 0 Å². The molecule has 1 heteroatoms. The standard InChI is InChI=1S/C55H35N/c1-3-17-36(18-4-1)41-23-13-16-30-52(41)56(39-21-5-2-6-22-39)40-31-32-46-47(35-40)42-24-9-10-27-45(42)53-48-33-37-19-7-8-20-38(37)34-51(48)55(54(46)53)49-28-14-11-25-43(49)44-26-12-15-29-50(44)55/h1-35H. The van der Waals surface area contributed by atoms with Crippen LogP contribution in [0.25, 0.3) is 65.7 Å². The first-order valence-electron chi connectivity index (χ1n) is 19.5.